The molecule has 6 nitrogen and oxygen atoms in total. The van der Waals surface area contributed by atoms with Crippen molar-refractivity contribution in [3.63, 3.8) is 0 Å². The van der Waals surface area contributed by atoms with Crippen LogP contribution in [0, 0.1) is 5.41 Å². The molecule has 0 aliphatic carbocycles. The van der Waals surface area contributed by atoms with Crippen LogP contribution in [0.5, 0.6) is 0 Å². The average molecular weight is 223 g/mol. The summed E-state index contributed by atoms with van der Waals surface area (Å²) in [7, 11) is 1.86. The van der Waals surface area contributed by atoms with Gasteiger partial charge in [-0.2, -0.15) is 0 Å². The summed E-state index contributed by atoms with van der Waals surface area (Å²) >= 11 is 0. The molecule has 6 heteroatoms. The number of rotatable bonds is 3. The van der Waals surface area contributed by atoms with E-state index in [1.54, 1.807) is 10.9 Å². The number of nitrogens with one attached hydrogen (secondary N) is 2. The van der Waals surface area contributed by atoms with E-state index < -0.39 is 0 Å². The molecule has 0 radical (unpaired) electrons. The monoisotopic (exact) mass is 223 g/mol. The maximum atomic E-state index is 12.0. The first-order valence-corrected chi connectivity index (χ1v) is 5.44. The van der Waals surface area contributed by atoms with Crippen molar-refractivity contribution in [3.05, 3.63) is 12.2 Å². The Bertz CT molecular complexity index is 380. The lowest BCUT2D eigenvalue weighted by Gasteiger charge is -2.21. The van der Waals surface area contributed by atoms with Crippen molar-refractivity contribution in [2.24, 2.45) is 12.5 Å². The van der Waals surface area contributed by atoms with E-state index in [9.17, 15) is 4.79 Å². The second kappa shape index (κ2) is 4.21. The minimum Gasteiger partial charge on any atom is -0.348 e. The van der Waals surface area contributed by atoms with Crippen molar-refractivity contribution in [2.45, 2.75) is 19.9 Å². The lowest BCUT2D eigenvalue weighted by atomic mass is 9.89. The maximum Gasteiger partial charge on any atom is 0.227 e. The Hall–Kier alpha value is -1.43. The Labute approximate surface area is 94.4 Å². The standard InChI is InChI=1S/C10H17N5O/c1-10(3-4-11-6-10)9(16)12-5-8-14-13-7-15(8)2/h7,11H,3-6H2,1-2H3,(H,12,16). The molecule has 16 heavy (non-hydrogen) atoms. The second-order valence-corrected chi connectivity index (χ2v) is 4.53. The Balaban J connectivity index is 1.91. The third-order valence-electron chi connectivity index (χ3n) is 3.13. The number of amides is 1. The summed E-state index contributed by atoms with van der Waals surface area (Å²) in [6.07, 6.45) is 2.51. The van der Waals surface area contributed by atoms with Gasteiger partial charge in [-0.3, -0.25) is 4.79 Å². The normalized spacial score (nSPS) is 24.6. The molecule has 0 bridgehead atoms. The lowest BCUT2D eigenvalue weighted by molar-refractivity contribution is -0.129. The molecule has 1 aromatic rings. The minimum atomic E-state index is -0.279. The third-order valence-corrected chi connectivity index (χ3v) is 3.13. The molecule has 1 aromatic heterocycles. The fourth-order valence-electron chi connectivity index (χ4n) is 1.85. The molecule has 1 fully saturated rings. The molecule has 0 spiro atoms. The smallest absolute Gasteiger partial charge is 0.227 e. The SMILES string of the molecule is Cn1cnnc1CNC(=O)C1(C)CCNC1. The van der Waals surface area contributed by atoms with Gasteiger partial charge in [-0.15, -0.1) is 10.2 Å². The third kappa shape index (κ3) is 2.06. The molecule has 1 aliphatic heterocycles. The molecule has 1 unspecified atom stereocenters. The summed E-state index contributed by atoms with van der Waals surface area (Å²) in [4.78, 5) is 12.0. The Morgan fingerprint density at radius 1 is 1.75 bits per heavy atom. The summed E-state index contributed by atoms with van der Waals surface area (Å²) in [6, 6.07) is 0. The van der Waals surface area contributed by atoms with Crippen molar-refractivity contribution < 1.29 is 4.79 Å². The molecule has 1 saturated heterocycles. The number of hydrogen-bond donors (Lipinski definition) is 2. The van der Waals surface area contributed by atoms with Crippen LogP contribution in [0.25, 0.3) is 0 Å². The zero-order valence-electron chi connectivity index (χ0n) is 9.66. The number of carbonyl (C=O) groups is 1. The quantitative estimate of drug-likeness (QED) is 0.720. The highest BCUT2D eigenvalue weighted by molar-refractivity contribution is 5.82. The number of carbonyl (C=O) groups excluding carboxylic acids is 1. The highest BCUT2D eigenvalue weighted by Crippen LogP contribution is 2.24. The molecular formula is C10H17N5O. The van der Waals surface area contributed by atoms with Gasteiger partial charge in [-0.1, -0.05) is 0 Å². The fourth-order valence-corrected chi connectivity index (χ4v) is 1.85. The van der Waals surface area contributed by atoms with Gasteiger partial charge in [0, 0.05) is 13.6 Å². The van der Waals surface area contributed by atoms with Crippen molar-refractivity contribution >= 4 is 5.91 Å². The van der Waals surface area contributed by atoms with E-state index in [0.29, 0.717) is 6.54 Å². The van der Waals surface area contributed by atoms with Gasteiger partial charge in [0.25, 0.3) is 0 Å². The molecule has 1 aliphatic rings. The summed E-state index contributed by atoms with van der Waals surface area (Å²) in [6.45, 7) is 4.08. The van der Waals surface area contributed by atoms with Crippen LogP contribution in [0.1, 0.15) is 19.2 Å². The summed E-state index contributed by atoms with van der Waals surface area (Å²) in [5.74, 6) is 0.850. The van der Waals surface area contributed by atoms with Crippen LogP contribution in [-0.4, -0.2) is 33.8 Å². The molecule has 2 N–H and O–H groups in total. The predicted molar refractivity (Wildman–Crippen MR) is 58.4 cm³/mol. The lowest BCUT2D eigenvalue weighted by Crippen LogP contribution is -2.40. The summed E-state index contributed by atoms with van der Waals surface area (Å²) < 4.78 is 1.80. The topological polar surface area (TPSA) is 71.8 Å². The Morgan fingerprint density at radius 3 is 3.12 bits per heavy atom. The van der Waals surface area contributed by atoms with Gasteiger partial charge in [-0.05, 0) is 19.9 Å². The molecule has 88 valence electrons. The van der Waals surface area contributed by atoms with E-state index in [4.69, 9.17) is 0 Å². The van der Waals surface area contributed by atoms with E-state index in [-0.39, 0.29) is 11.3 Å². The van der Waals surface area contributed by atoms with E-state index >= 15 is 0 Å². The highest BCUT2D eigenvalue weighted by Gasteiger charge is 2.36. The zero-order valence-corrected chi connectivity index (χ0v) is 9.66. The van der Waals surface area contributed by atoms with Gasteiger partial charge < -0.3 is 15.2 Å². The number of aryl methyl sites for hydroxylation is 1. The van der Waals surface area contributed by atoms with Crippen LogP contribution in [0.2, 0.25) is 0 Å². The summed E-state index contributed by atoms with van der Waals surface area (Å²) in [5.41, 5.74) is -0.279. The van der Waals surface area contributed by atoms with Crippen LogP contribution in [-0.2, 0) is 18.4 Å². The highest BCUT2D eigenvalue weighted by atomic mass is 16.2. The first-order valence-electron chi connectivity index (χ1n) is 5.44. The van der Waals surface area contributed by atoms with Crippen LogP contribution in [0.4, 0.5) is 0 Å². The van der Waals surface area contributed by atoms with Crippen molar-refractivity contribution in [1.82, 2.24) is 25.4 Å². The van der Waals surface area contributed by atoms with Crippen molar-refractivity contribution in [3.8, 4) is 0 Å². The Morgan fingerprint density at radius 2 is 2.56 bits per heavy atom. The predicted octanol–water partition coefficient (Wildman–Crippen LogP) is -0.569. The van der Waals surface area contributed by atoms with Gasteiger partial charge in [0.15, 0.2) is 5.82 Å². The van der Waals surface area contributed by atoms with E-state index in [1.165, 1.54) is 0 Å². The molecule has 0 saturated carbocycles. The molecule has 2 heterocycles. The number of nitrogens with zero attached hydrogens (tertiary/aromatic N) is 3. The largest absolute Gasteiger partial charge is 0.348 e. The van der Waals surface area contributed by atoms with Crippen LogP contribution in [0.15, 0.2) is 6.33 Å². The zero-order chi connectivity index (χ0) is 11.6. The summed E-state index contributed by atoms with van der Waals surface area (Å²) in [5, 5.41) is 13.8. The maximum absolute atomic E-state index is 12.0. The van der Waals surface area contributed by atoms with Crippen LogP contribution >= 0.6 is 0 Å². The number of hydrogen-bond acceptors (Lipinski definition) is 4. The van der Waals surface area contributed by atoms with E-state index in [2.05, 4.69) is 20.8 Å². The van der Waals surface area contributed by atoms with Crippen molar-refractivity contribution in [2.75, 3.05) is 13.1 Å². The molecular weight excluding hydrogens is 206 g/mol. The van der Waals surface area contributed by atoms with Gasteiger partial charge in [0.2, 0.25) is 5.91 Å². The van der Waals surface area contributed by atoms with Gasteiger partial charge in [-0.25, -0.2) is 0 Å². The van der Waals surface area contributed by atoms with E-state index in [1.807, 2.05) is 14.0 Å². The molecule has 0 aromatic carbocycles. The number of aromatic nitrogens is 3. The minimum absolute atomic E-state index is 0.0838. The van der Waals surface area contributed by atoms with Crippen LogP contribution < -0.4 is 10.6 Å². The first-order chi connectivity index (χ1) is 7.62. The van der Waals surface area contributed by atoms with Gasteiger partial charge in [0.1, 0.15) is 6.33 Å². The average Bonchev–Trinajstić information content (AvgIpc) is 2.85. The van der Waals surface area contributed by atoms with Gasteiger partial charge >= 0.3 is 0 Å². The Kier molecular flexibility index (Phi) is 2.91. The van der Waals surface area contributed by atoms with E-state index in [0.717, 1.165) is 25.3 Å². The molecule has 2 rings (SSSR count). The second-order valence-electron chi connectivity index (χ2n) is 4.53. The molecule has 1 atom stereocenters. The first kappa shape index (κ1) is 11.1. The van der Waals surface area contributed by atoms with Crippen molar-refractivity contribution in [1.29, 1.82) is 0 Å². The van der Waals surface area contributed by atoms with Crippen LogP contribution in [0.3, 0.4) is 0 Å². The molecule has 1 amide bonds. The fraction of sp³-hybridized carbons (Fsp3) is 0.700. The van der Waals surface area contributed by atoms with Gasteiger partial charge in [0.05, 0.1) is 12.0 Å².